The van der Waals surface area contributed by atoms with Crippen LogP contribution in [0.2, 0.25) is 0 Å². The predicted molar refractivity (Wildman–Crippen MR) is 92.1 cm³/mol. The number of halogens is 3. The highest BCUT2D eigenvalue weighted by atomic mass is 19.4. The number of nitrogens with one attached hydrogen (secondary N) is 1. The molecule has 1 heterocycles. The number of hydrogen-bond acceptors (Lipinski definition) is 2. The summed E-state index contributed by atoms with van der Waals surface area (Å²) in [6, 6.07) is 5.19. The molecule has 2 aromatic rings. The number of rotatable bonds is 5. The van der Waals surface area contributed by atoms with Gasteiger partial charge >= 0.3 is 6.18 Å². The largest absolute Gasteiger partial charge is 0.416 e. The molecule has 7 heteroatoms. The Morgan fingerprint density at radius 1 is 1.35 bits per heavy atom. The van der Waals surface area contributed by atoms with Gasteiger partial charge in [0.1, 0.15) is 0 Å². The van der Waals surface area contributed by atoms with E-state index in [4.69, 9.17) is 0 Å². The standard InChI is InChI=1S/C19H22F3N3O/c1-11(14-7-8-14)23-18(26)10-17-12(2)24-25(13(17)3)16-6-4-5-15(9-16)19(20,21)22/h4-6,9,11,14H,7-8,10H2,1-3H3,(H,23,26). The molecular formula is C19H22F3N3O. The third kappa shape index (κ3) is 3.92. The summed E-state index contributed by atoms with van der Waals surface area (Å²) in [6.07, 6.45) is -1.94. The van der Waals surface area contributed by atoms with Crippen LogP contribution in [-0.4, -0.2) is 21.7 Å². The maximum Gasteiger partial charge on any atom is 0.416 e. The smallest absolute Gasteiger partial charge is 0.353 e. The van der Waals surface area contributed by atoms with Gasteiger partial charge in [-0.25, -0.2) is 4.68 Å². The van der Waals surface area contributed by atoms with Gasteiger partial charge in [-0.3, -0.25) is 4.79 Å². The van der Waals surface area contributed by atoms with E-state index < -0.39 is 11.7 Å². The number of amides is 1. The van der Waals surface area contributed by atoms with Crippen LogP contribution in [-0.2, 0) is 17.4 Å². The number of benzene rings is 1. The Morgan fingerprint density at radius 2 is 2.04 bits per heavy atom. The van der Waals surface area contributed by atoms with Crippen molar-refractivity contribution in [2.45, 2.75) is 52.3 Å². The van der Waals surface area contributed by atoms with Crippen molar-refractivity contribution in [3.63, 3.8) is 0 Å². The summed E-state index contributed by atoms with van der Waals surface area (Å²) < 4.78 is 40.3. The quantitative estimate of drug-likeness (QED) is 0.872. The minimum Gasteiger partial charge on any atom is -0.353 e. The Hall–Kier alpha value is -2.31. The lowest BCUT2D eigenvalue weighted by atomic mass is 10.1. The number of carbonyl (C=O) groups excluding carboxylic acids is 1. The van der Waals surface area contributed by atoms with Gasteiger partial charge in [0.25, 0.3) is 0 Å². The second kappa shape index (κ2) is 6.78. The summed E-state index contributed by atoms with van der Waals surface area (Å²) in [6.45, 7) is 5.54. The molecule has 0 spiro atoms. The number of carbonyl (C=O) groups is 1. The van der Waals surface area contributed by atoms with Gasteiger partial charge in [0, 0.05) is 17.3 Å². The summed E-state index contributed by atoms with van der Waals surface area (Å²) >= 11 is 0. The number of nitrogens with zero attached hydrogens (tertiary/aromatic N) is 2. The second-order valence-electron chi connectivity index (χ2n) is 6.98. The number of hydrogen-bond donors (Lipinski definition) is 1. The van der Waals surface area contributed by atoms with Crippen LogP contribution >= 0.6 is 0 Å². The minimum absolute atomic E-state index is 0.0841. The van der Waals surface area contributed by atoms with E-state index in [0.717, 1.165) is 30.5 Å². The Balaban J connectivity index is 1.83. The Bertz CT molecular complexity index is 822. The third-order valence-corrected chi connectivity index (χ3v) is 4.91. The summed E-state index contributed by atoms with van der Waals surface area (Å²) in [5.74, 6) is 0.480. The van der Waals surface area contributed by atoms with E-state index in [9.17, 15) is 18.0 Å². The molecule has 1 fully saturated rings. The van der Waals surface area contributed by atoms with Gasteiger partial charge in [0.05, 0.1) is 23.4 Å². The monoisotopic (exact) mass is 365 g/mol. The maximum atomic E-state index is 12.9. The highest BCUT2D eigenvalue weighted by Gasteiger charge is 2.31. The molecule has 1 saturated carbocycles. The average Bonchev–Trinajstić information content (AvgIpc) is 3.37. The first-order chi connectivity index (χ1) is 12.2. The van der Waals surface area contributed by atoms with E-state index >= 15 is 0 Å². The molecule has 1 unspecified atom stereocenters. The molecule has 4 nitrogen and oxygen atoms in total. The molecule has 26 heavy (non-hydrogen) atoms. The van der Waals surface area contributed by atoms with Crippen molar-refractivity contribution in [2.75, 3.05) is 0 Å². The molecule has 3 rings (SSSR count). The fraction of sp³-hybridized carbons (Fsp3) is 0.474. The molecule has 1 aromatic carbocycles. The van der Waals surface area contributed by atoms with Crippen LogP contribution in [0.15, 0.2) is 24.3 Å². The van der Waals surface area contributed by atoms with Crippen LogP contribution in [0, 0.1) is 19.8 Å². The van der Waals surface area contributed by atoms with Gasteiger partial charge in [-0.05, 0) is 57.7 Å². The van der Waals surface area contributed by atoms with Crippen molar-refractivity contribution in [3.05, 3.63) is 46.8 Å². The van der Waals surface area contributed by atoms with Crippen molar-refractivity contribution >= 4 is 5.91 Å². The number of aromatic nitrogens is 2. The van der Waals surface area contributed by atoms with Gasteiger partial charge in [-0.15, -0.1) is 0 Å². The summed E-state index contributed by atoms with van der Waals surface area (Å²) in [4.78, 5) is 12.3. The fourth-order valence-corrected chi connectivity index (χ4v) is 3.18. The van der Waals surface area contributed by atoms with E-state index in [1.807, 2.05) is 6.92 Å². The molecule has 1 aliphatic carbocycles. The molecule has 1 N–H and O–H groups in total. The fourth-order valence-electron chi connectivity index (χ4n) is 3.18. The molecule has 1 aromatic heterocycles. The predicted octanol–water partition coefficient (Wildman–Crippen LogP) is 3.97. The molecule has 140 valence electrons. The highest BCUT2D eigenvalue weighted by Crippen LogP contribution is 2.32. The Kier molecular flexibility index (Phi) is 4.82. The zero-order valence-corrected chi connectivity index (χ0v) is 15.0. The molecule has 0 radical (unpaired) electrons. The van der Waals surface area contributed by atoms with Gasteiger partial charge in [-0.2, -0.15) is 18.3 Å². The SMILES string of the molecule is Cc1nn(-c2cccc(C(F)(F)F)c2)c(C)c1CC(=O)NC(C)C1CC1. The zero-order valence-electron chi connectivity index (χ0n) is 15.0. The highest BCUT2D eigenvalue weighted by molar-refractivity contribution is 5.79. The zero-order chi connectivity index (χ0) is 19.1. The van der Waals surface area contributed by atoms with E-state index in [1.54, 1.807) is 19.9 Å². The van der Waals surface area contributed by atoms with Gasteiger partial charge in [0.2, 0.25) is 5.91 Å². The lowest BCUT2D eigenvalue weighted by Gasteiger charge is -2.13. The van der Waals surface area contributed by atoms with Crippen LogP contribution in [0.5, 0.6) is 0 Å². The van der Waals surface area contributed by atoms with Gasteiger partial charge in [0.15, 0.2) is 0 Å². The lowest BCUT2D eigenvalue weighted by molar-refractivity contribution is -0.137. The first-order valence-corrected chi connectivity index (χ1v) is 8.69. The normalized spacial score (nSPS) is 15.8. The first kappa shape index (κ1) is 18.5. The van der Waals surface area contributed by atoms with Gasteiger partial charge < -0.3 is 5.32 Å². The van der Waals surface area contributed by atoms with Crippen molar-refractivity contribution < 1.29 is 18.0 Å². The Labute approximate surface area is 150 Å². The van der Waals surface area contributed by atoms with Crippen LogP contribution in [0.25, 0.3) is 5.69 Å². The van der Waals surface area contributed by atoms with Crippen LogP contribution in [0.4, 0.5) is 13.2 Å². The average molecular weight is 365 g/mol. The molecule has 1 aliphatic rings. The molecule has 0 aliphatic heterocycles. The van der Waals surface area contributed by atoms with Crippen LogP contribution in [0.1, 0.15) is 42.3 Å². The van der Waals surface area contributed by atoms with Crippen LogP contribution < -0.4 is 5.32 Å². The second-order valence-corrected chi connectivity index (χ2v) is 6.98. The summed E-state index contributed by atoms with van der Waals surface area (Å²) in [5.41, 5.74) is 1.69. The van der Waals surface area contributed by atoms with E-state index in [0.29, 0.717) is 23.0 Å². The lowest BCUT2D eigenvalue weighted by Crippen LogP contribution is -2.35. The third-order valence-electron chi connectivity index (χ3n) is 4.91. The number of alkyl halides is 3. The van der Waals surface area contributed by atoms with Crippen LogP contribution in [0.3, 0.4) is 0 Å². The molecule has 0 saturated heterocycles. The van der Waals surface area contributed by atoms with Crippen molar-refractivity contribution in [1.29, 1.82) is 0 Å². The molecule has 0 bridgehead atoms. The van der Waals surface area contributed by atoms with E-state index in [2.05, 4.69) is 10.4 Å². The van der Waals surface area contributed by atoms with E-state index in [1.165, 1.54) is 10.7 Å². The molecule has 1 atom stereocenters. The van der Waals surface area contributed by atoms with Crippen molar-refractivity contribution in [2.24, 2.45) is 5.92 Å². The van der Waals surface area contributed by atoms with Crippen molar-refractivity contribution in [3.8, 4) is 5.69 Å². The van der Waals surface area contributed by atoms with E-state index in [-0.39, 0.29) is 18.4 Å². The minimum atomic E-state index is -4.41. The molecular weight excluding hydrogens is 343 g/mol. The molecule has 1 amide bonds. The number of aryl methyl sites for hydroxylation is 1. The van der Waals surface area contributed by atoms with Crippen molar-refractivity contribution in [1.82, 2.24) is 15.1 Å². The summed E-state index contributed by atoms with van der Waals surface area (Å²) in [7, 11) is 0. The maximum absolute atomic E-state index is 12.9. The summed E-state index contributed by atoms with van der Waals surface area (Å²) in [5, 5.41) is 7.35. The van der Waals surface area contributed by atoms with Gasteiger partial charge in [-0.1, -0.05) is 6.07 Å². The topological polar surface area (TPSA) is 46.9 Å². The Morgan fingerprint density at radius 3 is 2.65 bits per heavy atom. The first-order valence-electron chi connectivity index (χ1n) is 8.69.